The highest BCUT2D eigenvalue weighted by atomic mass is 16.3. The number of benzene rings is 2. The Bertz CT molecular complexity index is 659. The molecule has 0 aliphatic heterocycles. The maximum Gasteiger partial charge on any atom is 0.124 e. The van der Waals surface area contributed by atoms with Crippen molar-refractivity contribution in [3.8, 4) is 22.6 Å². The Morgan fingerprint density at radius 3 is 2.29 bits per heavy atom. The molecule has 0 radical (unpaired) electrons. The van der Waals surface area contributed by atoms with Crippen molar-refractivity contribution in [1.82, 2.24) is 0 Å². The molecule has 0 bridgehead atoms. The second-order valence-corrected chi connectivity index (χ2v) is 6.22. The van der Waals surface area contributed by atoms with Crippen LogP contribution in [0.3, 0.4) is 0 Å². The van der Waals surface area contributed by atoms with Crippen molar-refractivity contribution < 1.29 is 10.2 Å². The molecule has 0 aliphatic carbocycles. The van der Waals surface area contributed by atoms with Crippen molar-refractivity contribution in [1.29, 1.82) is 0 Å². The number of phenols is 2. The predicted octanol–water partition coefficient (Wildman–Crippen LogP) is 6.53. The fraction of sp³-hybridized carbons (Fsp3) is 0.364. The third-order valence-corrected chi connectivity index (χ3v) is 4.27. The van der Waals surface area contributed by atoms with Crippen molar-refractivity contribution in [3.63, 3.8) is 0 Å². The molecular formula is C22H28O2. The highest BCUT2D eigenvalue weighted by Crippen LogP contribution is 2.38. The highest BCUT2D eigenvalue weighted by Gasteiger charge is 2.11. The number of allylic oxidation sites excluding steroid dienone is 1. The van der Waals surface area contributed by atoms with Gasteiger partial charge in [-0.2, -0.15) is 0 Å². The first kappa shape index (κ1) is 18.1. The molecule has 0 atom stereocenters. The zero-order valence-electron chi connectivity index (χ0n) is 14.5. The number of aromatic hydroxyl groups is 2. The van der Waals surface area contributed by atoms with Crippen LogP contribution in [-0.2, 0) is 0 Å². The Morgan fingerprint density at radius 2 is 1.50 bits per heavy atom. The van der Waals surface area contributed by atoms with E-state index < -0.39 is 0 Å². The van der Waals surface area contributed by atoms with E-state index >= 15 is 0 Å². The van der Waals surface area contributed by atoms with Gasteiger partial charge in [0.15, 0.2) is 0 Å². The number of para-hydroxylation sites is 1. The Balaban J connectivity index is 2.02. The van der Waals surface area contributed by atoms with Gasteiger partial charge < -0.3 is 10.2 Å². The van der Waals surface area contributed by atoms with Gasteiger partial charge >= 0.3 is 0 Å². The van der Waals surface area contributed by atoms with E-state index in [1.54, 1.807) is 18.2 Å². The molecule has 128 valence electrons. The van der Waals surface area contributed by atoms with Crippen molar-refractivity contribution in [2.45, 2.75) is 51.9 Å². The lowest BCUT2D eigenvalue weighted by molar-refractivity contribution is 0.469. The number of hydrogen-bond donors (Lipinski definition) is 2. The Morgan fingerprint density at radius 1 is 0.792 bits per heavy atom. The van der Waals surface area contributed by atoms with Crippen LogP contribution in [0, 0.1) is 0 Å². The first-order chi connectivity index (χ1) is 11.7. The highest BCUT2D eigenvalue weighted by molar-refractivity contribution is 5.83. The number of rotatable bonds is 9. The lowest BCUT2D eigenvalue weighted by atomic mass is 9.97. The maximum atomic E-state index is 10.2. The summed E-state index contributed by atoms with van der Waals surface area (Å²) >= 11 is 0. The fourth-order valence-corrected chi connectivity index (χ4v) is 2.93. The van der Waals surface area contributed by atoms with E-state index in [9.17, 15) is 10.2 Å². The van der Waals surface area contributed by atoms with E-state index in [-0.39, 0.29) is 11.5 Å². The van der Waals surface area contributed by atoms with Crippen LogP contribution >= 0.6 is 0 Å². The van der Waals surface area contributed by atoms with Crippen molar-refractivity contribution in [2.75, 3.05) is 0 Å². The summed E-state index contributed by atoms with van der Waals surface area (Å²) in [6.45, 7) is 2.24. The lowest BCUT2D eigenvalue weighted by Crippen LogP contribution is -1.85. The zero-order chi connectivity index (χ0) is 17.2. The molecule has 0 saturated heterocycles. The average molecular weight is 324 g/mol. The van der Waals surface area contributed by atoms with Crippen LogP contribution in [0.25, 0.3) is 17.2 Å². The number of unbranched alkanes of at least 4 members (excludes halogenated alkanes) is 6. The summed E-state index contributed by atoms with van der Waals surface area (Å²) in [6.07, 6.45) is 13.0. The first-order valence-corrected chi connectivity index (χ1v) is 9.01. The van der Waals surface area contributed by atoms with Crippen LogP contribution in [0.15, 0.2) is 48.5 Å². The molecule has 0 heterocycles. The Hall–Kier alpha value is -2.22. The SMILES string of the molecule is CCCCCCCCC=Cc1cccc(O)c1-c1ccccc1O. The molecular weight excluding hydrogens is 296 g/mol. The minimum Gasteiger partial charge on any atom is -0.507 e. The quantitative estimate of drug-likeness (QED) is 0.515. The predicted molar refractivity (Wildman–Crippen MR) is 102 cm³/mol. The molecule has 0 amide bonds. The van der Waals surface area contributed by atoms with Gasteiger partial charge in [-0.05, 0) is 30.5 Å². The summed E-state index contributed by atoms with van der Waals surface area (Å²) in [5.74, 6) is 0.378. The molecule has 0 spiro atoms. The normalized spacial score (nSPS) is 11.2. The minimum absolute atomic E-state index is 0.185. The summed E-state index contributed by atoms with van der Waals surface area (Å²) in [7, 11) is 0. The van der Waals surface area contributed by atoms with E-state index in [2.05, 4.69) is 13.0 Å². The molecule has 0 aromatic heterocycles. The largest absolute Gasteiger partial charge is 0.507 e. The van der Waals surface area contributed by atoms with Crippen molar-refractivity contribution >= 4 is 6.08 Å². The van der Waals surface area contributed by atoms with Crippen LogP contribution in [0.5, 0.6) is 11.5 Å². The molecule has 0 unspecified atom stereocenters. The Labute approximate surface area is 145 Å². The smallest absolute Gasteiger partial charge is 0.124 e. The Kier molecular flexibility index (Phi) is 7.41. The van der Waals surface area contributed by atoms with E-state index in [1.807, 2.05) is 30.3 Å². The molecule has 2 rings (SSSR count). The molecule has 2 aromatic carbocycles. The van der Waals surface area contributed by atoms with Gasteiger partial charge in [0.25, 0.3) is 0 Å². The molecule has 2 nitrogen and oxygen atoms in total. The van der Waals surface area contributed by atoms with Gasteiger partial charge in [-0.15, -0.1) is 0 Å². The van der Waals surface area contributed by atoms with Crippen LogP contribution in [0.1, 0.15) is 57.4 Å². The van der Waals surface area contributed by atoms with Gasteiger partial charge in [0, 0.05) is 11.1 Å². The van der Waals surface area contributed by atoms with Gasteiger partial charge in [-0.3, -0.25) is 0 Å². The average Bonchev–Trinajstić information content (AvgIpc) is 2.58. The van der Waals surface area contributed by atoms with Crippen molar-refractivity contribution in [3.05, 3.63) is 54.1 Å². The van der Waals surface area contributed by atoms with Gasteiger partial charge in [0.1, 0.15) is 11.5 Å². The molecule has 0 saturated carbocycles. The van der Waals surface area contributed by atoms with Gasteiger partial charge in [-0.25, -0.2) is 0 Å². The molecule has 0 fully saturated rings. The fourth-order valence-electron chi connectivity index (χ4n) is 2.93. The second-order valence-electron chi connectivity index (χ2n) is 6.22. The summed E-state index contributed by atoms with van der Waals surface area (Å²) in [6, 6.07) is 12.6. The van der Waals surface area contributed by atoms with Crippen LogP contribution in [-0.4, -0.2) is 10.2 Å². The van der Waals surface area contributed by atoms with Gasteiger partial charge in [0.2, 0.25) is 0 Å². The maximum absolute atomic E-state index is 10.2. The summed E-state index contributed by atoms with van der Waals surface area (Å²) in [5, 5.41) is 20.3. The van der Waals surface area contributed by atoms with Gasteiger partial charge in [0.05, 0.1) is 0 Å². The van der Waals surface area contributed by atoms with Crippen molar-refractivity contribution in [2.24, 2.45) is 0 Å². The standard InChI is InChI=1S/C22H28O2/c1-2-3-4-5-6-7-8-9-13-18-14-12-17-21(24)22(18)19-15-10-11-16-20(19)23/h9-17,23-24H,2-8H2,1H3. The summed E-state index contributed by atoms with van der Waals surface area (Å²) < 4.78 is 0. The minimum atomic E-state index is 0.185. The third kappa shape index (κ3) is 5.16. The van der Waals surface area contributed by atoms with E-state index in [0.717, 1.165) is 12.0 Å². The molecule has 0 aliphatic rings. The van der Waals surface area contributed by atoms with E-state index in [4.69, 9.17) is 0 Å². The second kappa shape index (κ2) is 9.82. The molecule has 2 N–H and O–H groups in total. The van der Waals surface area contributed by atoms with Crippen LogP contribution in [0.2, 0.25) is 0 Å². The van der Waals surface area contributed by atoms with E-state index in [0.29, 0.717) is 11.1 Å². The number of phenolic OH excluding ortho intramolecular Hbond substituents is 2. The van der Waals surface area contributed by atoms with Crippen LogP contribution in [0.4, 0.5) is 0 Å². The first-order valence-electron chi connectivity index (χ1n) is 9.01. The van der Waals surface area contributed by atoms with E-state index in [1.165, 1.54) is 38.5 Å². The zero-order valence-corrected chi connectivity index (χ0v) is 14.5. The molecule has 2 aromatic rings. The van der Waals surface area contributed by atoms with Gasteiger partial charge in [-0.1, -0.05) is 81.5 Å². The summed E-state index contributed by atoms with van der Waals surface area (Å²) in [4.78, 5) is 0. The lowest BCUT2D eigenvalue weighted by Gasteiger charge is -2.10. The molecule has 24 heavy (non-hydrogen) atoms. The third-order valence-electron chi connectivity index (χ3n) is 4.27. The summed E-state index contributed by atoms with van der Waals surface area (Å²) in [5.41, 5.74) is 2.28. The molecule has 2 heteroatoms. The topological polar surface area (TPSA) is 40.5 Å². The number of hydrogen-bond acceptors (Lipinski definition) is 2. The van der Waals surface area contributed by atoms with Crippen LogP contribution < -0.4 is 0 Å². The monoisotopic (exact) mass is 324 g/mol.